The lowest BCUT2D eigenvalue weighted by Crippen LogP contribution is -2.46. The number of nitrogens with one attached hydrogen (secondary N) is 1. The lowest BCUT2D eigenvalue weighted by molar-refractivity contribution is -0.137. The van der Waals surface area contributed by atoms with Crippen LogP contribution >= 0.6 is 0 Å². The number of aromatic nitrogens is 2. The maximum Gasteiger partial charge on any atom is 0.417 e. The zero-order valence-corrected chi connectivity index (χ0v) is 18.3. The SMILES string of the molecule is Cc1noc(C)c1-c1ccccc1C(O)N1CC2CC(Nc3ccc(C(F)(F)F)cn3)C1C2. The Balaban J connectivity index is 1.37. The fraction of sp³-hybridized carbons (Fsp3) is 0.417. The van der Waals surface area contributed by atoms with Crippen LogP contribution in [0.5, 0.6) is 0 Å². The van der Waals surface area contributed by atoms with E-state index in [1.54, 1.807) is 0 Å². The van der Waals surface area contributed by atoms with Crippen molar-refractivity contribution in [2.75, 3.05) is 11.9 Å². The van der Waals surface area contributed by atoms with Crippen LogP contribution in [0.3, 0.4) is 0 Å². The number of hydrogen-bond acceptors (Lipinski definition) is 6. The number of anilines is 1. The molecule has 2 aliphatic rings. The van der Waals surface area contributed by atoms with Gasteiger partial charge in [-0.3, -0.25) is 4.90 Å². The number of rotatable bonds is 5. The molecule has 4 unspecified atom stereocenters. The number of pyridine rings is 1. The second-order valence-electron chi connectivity index (χ2n) is 8.94. The molecule has 2 bridgehead atoms. The van der Waals surface area contributed by atoms with E-state index >= 15 is 0 Å². The molecule has 1 aliphatic carbocycles. The van der Waals surface area contributed by atoms with Gasteiger partial charge in [0.15, 0.2) is 0 Å². The van der Waals surface area contributed by atoms with Gasteiger partial charge in [-0.25, -0.2) is 4.98 Å². The first-order chi connectivity index (χ1) is 15.7. The molecule has 0 amide bonds. The average Bonchev–Trinajstić information content (AvgIpc) is 3.47. The van der Waals surface area contributed by atoms with Crippen molar-refractivity contribution in [3.63, 3.8) is 0 Å². The first-order valence-corrected chi connectivity index (χ1v) is 11.0. The van der Waals surface area contributed by atoms with Gasteiger partial charge in [0.2, 0.25) is 0 Å². The lowest BCUT2D eigenvalue weighted by Gasteiger charge is -2.37. The summed E-state index contributed by atoms with van der Waals surface area (Å²) in [7, 11) is 0. The third-order valence-electron chi connectivity index (χ3n) is 6.80. The third kappa shape index (κ3) is 4.00. The number of aliphatic hydroxyl groups is 1. The molecular weight excluding hydrogens is 433 g/mol. The van der Waals surface area contributed by atoms with Crippen molar-refractivity contribution in [3.05, 3.63) is 65.2 Å². The first kappa shape index (κ1) is 21.9. The summed E-state index contributed by atoms with van der Waals surface area (Å²) < 4.78 is 43.8. The topological polar surface area (TPSA) is 74.4 Å². The number of aryl methyl sites for hydroxylation is 2. The predicted molar refractivity (Wildman–Crippen MR) is 116 cm³/mol. The van der Waals surface area contributed by atoms with Gasteiger partial charge in [0.25, 0.3) is 0 Å². The summed E-state index contributed by atoms with van der Waals surface area (Å²) in [5.74, 6) is 1.51. The maximum absolute atomic E-state index is 12.8. The molecule has 1 aromatic carbocycles. The number of aliphatic hydroxyl groups excluding tert-OH is 1. The Morgan fingerprint density at radius 3 is 2.58 bits per heavy atom. The Labute approximate surface area is 189 Å². The number of piperidine rings is 1. The van der Waals surface area contributed by atoms with Crippen LogP contribution in [0.25, 0.3) is 11.1 Å². The maximum atomic E-state index is 12.8. The van der Waals surface area contributed by atoms with E-state index < -0.39 is 18.0 Å². The average molecular weight is 458 g/mol. The molecule has 3 aromatic rings. The second kappa shape index (κ2) is 8.14. The Bertz CT molecular complexity index is 1130. The molecule has 1 aliphatic heterocycles. The molecule has 9 heteroatoms. The number of fused-ring (bicyclic) bond motifs is 2. The van der Waals surface area contributed by atoms with Crippen LogP contribution in [0, 0.1) is 19.8 Å². The molecule has 174 valence electrons. The van der Waals surface area contributed by atoms with E-state index in [4.69, 9.17) is 4.52 Å². The van der Waals surface area contributed by atoms with Crippen LogP contribution in [-0.2, 0) is 6.18 Å². The molecule has 0 radical (unpaired) electrons. The first-order valence-electron chi connectivity index (χ1n) is 11.0. The highest BCUT2D eigenvalue weighted by molar-refractivity contribution is 5.71. The number of hydrogen-bond donors (Lipinski definition) is 2. The molecule has 2 aromatic heterocycles. The highest BCUT2D eigenvalue weighted by Gasteiger charge is 2.47. The fourth-order valence-corrected chi connectivity index (χ4v) is 5.34. The van der Waals surface area contributed by atoms with Crippen molar-refractivity contribution >= 4 is 5.82 Å². The second-order valence-corrected chi connectivity index (χ2v) is 8.94. The number of benzene rings is 1. The van der Waals surface area contributed by atoms with Crippen LogP contribution < -0.4 is 5.32 Å². The van der Waals surface area contributed by atoms with Crippen LogP contribution in [-0.4, -0.2) is 38.8 Å². The van der Waals surface area contributed by atoms with Crippen LogP contribution in [0.2, 0.25) is 0 Å². The van der Waals surface area contributed by atoms with E-state index in [0.717, 1.165) is 54.0 Å². The van der Waals surface area contributed by atoms with Gasteiger partial charge in [-0.1, -0.05) is 29.4 Å². The van der Waals surface area contributed by atoms with E-state index in [9.17, 15) is 18.3 Å². The highest BCUT2D eigenvalue weighted by atomic mass is 19.4. The van der Waals surface area contributed by atoms with E-state index in [0.29, 0.717) is 17.5 Å². The zero-order chi connectivity index (χ0) is 23.3. The van der Waals surface area contributed by atoms with Gasteiger partial charge in [-0.2, -0.15) is 13.2 Å². The predicted octanol–water partition coefficient (Wildman–Crippen LogP) is 4.94. The summed E-state index contributed by atoms with van der Waals surface area (Å²) in [5.41, 5.74) is 2.55. The number of alkyl halides is 3. The van der Waals surface area contributed by atoms with Crippen LogP contribution in [0.15, 0.2) is 47.1 Å². The lowest BCUT2D eigenvalue weighted by atomic mass is 9.95. The van der Waals surface area contributed by atoms with Gasteiger partial charge in [-0.05, 0) is 50.3 Å². The number of likely N-dealkylation sites (tertiary alicyclic amines) is 1. The molecule has 4 atom stereocenters. The Morgan fingerprint density at radius 1 is 1.15 bits per heavy atom. The van der Waals surface area contributed by atoms with Gasteiger partial charge in [-0.15, -0.1) is 0 Å². The minimum Gasteiger partial charge on any atom is -0.374 e. The van der Waals surface area contributed by atoms with Crippen molar-refractivity contribution in [1.82, 2.24) is 15.0 Å². The third-order valence-corrected chi connectivity index (χ3v) is 6.80. The van der Waals surface area contributed by atoms with E-state index in [-0.39, 0.29) is 12.1 Å². The van der Waals surface area contributed by atoms with Gasteiger partial charge < -0.3 is 14.9 Å². The summed E-state index contributed by atoms with van der Waals surface area (Å²) in [6.07, 6.45) is -2.57. The van der Waals surface area contributed by atoms with Crippen molar-refractivity contribution < 1.29 is 22.8 Å². The fourth-order valence-electron chi connectivity index (χ4n) is 5.34. The van der Waals surface area contributed by atoms with Crippen molar-refractivity contribution in [2.24, 2.45) is 5.92 Å². The zero-order valence-electron chi connectivity index (χ0n) is 18.3. The molecule has 1 saturated carbocycles. The molecule has 1 saturated heterocycles. The monoisotopic (exact) mass is 458 g/mol. The van der Waals surface area contributed by atoms with Crippen molar-refractivity contribution in [2.45, 2.75) is 51.2 Å². The van der Waals surface area contributed by atoms with E-state index in [1.807, 2.05) is 38.1 Å². The van der Waals surface area contributed by atoms with Crippen LogP contribution in [0.1, 0.15) is 41.7 Å². The Kier molecular flexibility index (Phi) is 5.41. The Hall–Kier alpha value is -2.91. The quantitative estimate of drug-likeness (QED) is 0.564. The van der Waals surface area contributed by atoms with Crippen molar-refractivity contribution in [1.29, 1.82) is 0 Å². The number of nitrogens with zero attached hydrogens (tertiary/aromatic N) is 3. The number of halogens is 3. The van der Waals surface area contributed by atoms with Gasteiger partial charge in [0, 0.05) is 36.0 Å². The molecule has 0 spiro atoms. The smallest absolute Gasteiger partial charge is 0.374 e. The molecule has 2 fully saturated rings. The summed E-state index contributed by atoms with van der Waals surface area (Å²) in [5, 5.41) is 18.8. The van der Waals surface area contributed by atoms with Gasteiger partial charge in [0.1, 0.15) is 17.8 Å². The standard InChI is InChI=1S/C24H25F3N4O2/c1-13-22(14(2)33-30-13)17-5-3-4-6-18(17)23(32)31-12-15-9-19(20(31)10-15)29-21-8-7-16(11-28-21)24(25,26)27/h3-8,11,15,19-20,23,32H,9-10,12H2,1-2H3,(H,28,29). The minimum absolute atomic E-state index is 0.00568. The molecule has 6 nitrogen and oxygen atoms in total. The molecular formula is C24H25F3N4O2. The normalized spacial score (nSPS) is 23.8. The van der Waals surface area contributed by atoms with Crippen LogP contribution in [0.4, 0.5) is 19.0 Å². The summed E-state index contributed by atoms with van der Waals surface area (Å²) in [4.78, 5) is 6.03. The summed E-state index contributed by atoms with van der Waals surface area (Å²) in [6.45, 7) is 4.50. The molecule has 5 rings (SSSR count). The molecule has 33 heavy (non-hydrogen) atoms. The summed E-state index contributed by atoms with van der Waals surface area (Å²) >= 11 is 0. The minimum atomic E-state index is -4.41. The highest BCUT2D eigenvalue weighted by Crippen LogP contribution is 2.44. The van der Waals surface area contributed by atoms with Crippen molar-refractivity contribution in [3.8, 4) is 11.1 Å². The largest absolute Gasteiger partial charge is 0.417 e. The summed E-state index contributed by atoms with van der Waals surface area (Å²) in [6, 6.07) is 10.1. The molecule has 2 N–H and O–H groups in total. The van der Waals surface area contributed by atoms with E-state index in [2.05, 4.69) is 20.4 Å². The van der Waals surface area contributed by atoms with Gasteiger partial charge >= 0.3 is 6.18 Å². The van der Waals surface area contributed by atoms with Gasteiger partial charge in [0.05, 0.1) is 11.3 Å². The van der Waals surface area contributed by atoms with E-state index in [1.165, 1.54) is 6.07 Å². The Morgan fingerprint density at radius 2 is 1.94 bits per heavy atom. The molecule has 3 heterocycles.